The van der Waals surface area contributed by atoms with Gasteiger partial charge in [0.25, 0.3) is 0 Å². The second-order valence-electron chi connectivity index (χ2n) is 5.46. The number of benzene rings is 2. The first-order valence-electron chi connectivity index (χ1n) is 8.04. The molecule has 0 fully saturated rings. The number of nitrogens with one attached hydrogen (secondary N) is 1. The normalized spacial score (nSPS) is 8.92. The van der Waals surface area contributed by atoms with Crippen LogP contribution in [0.25, 0.3) is 10.1 Å². The lowest BCUT2D eigenvalue weighted by Crippen LogP contribution is -1.92. The van der Waals surface area contributed by atoms with Crippen LogP contribution >= 0.6 is 11.3 Å². The van der Waals surface area contributed by atoms with Crippen LogP contribution in [0.5, 0.6) is 0 Å². The molecule has 126 valence electrons. The van der Waals surface area contributed by atoms with Crippen molar-refractivity contribution in [3.05, 3.63) is 64.5 Å². The molecule has 1 heterocycles. The Hall–Kier alpha value is -2.24. The largest absolute Gasteiger partial charge is 0.388 e. The number of rotatable bonds is 1. The summed E-state index contributed by atoms with van der Waals surface area (Å²) in [5.41, 5.74) is 5.24. The fourth-order valence-corrected chi connectivity index (χ4v) is 2.88. The summed E-state index contributed by atoms with van der Waals surface area (Å²) in [5, 5.41) is 6.63. The summed E-state index contributed by atoms with van der Waals surface area (Å²) in [6.07, 6.45) is 0. The van der Waals surface area contributed by atoms with Gasteiger partial charge in [0.1, 0.15) is 0 Å². The standard InChI is InChI=1S/C9H13N.C9H8S.C4H6/c1-7-5-4-6-9(10-3)8(7)2;1-7-2-3-9-8(6-7)4-5-10-9;1-3-4-2/h4-6,10H,1-3H3;2-6H,1H3;1-2H3. The zero-order valence-corrected chi connectivity index (χ0v) is 16.3. The van der Waals surface area contributed by atoms with E-state index in [1.54, 1.807) is 11.3 Å². The summed E-state index contributed by atoms with van der Waals surface area (Å²) in [4.78, 5) is 0. The molecule has 0 aliphatic heterocycles. The maximum absolute atomic E-state index is 3.14. The minimum absolute atomic E-state index is 1.22. The maximum Gasteiger partial charge on any atom is 0.0369 e. The van der Waals surface area contributed by atoms with E-state index in [4.69, 9.17) is 0 Å². The zero-order valence-electron chi connectivity index (χ0n) is 15.5. The Morgan fingerprint density at radius 3 is 2.21 bits per heavy atom. The highest BCUT2D eigenvalue weighted by atomic mass is 32.1. The van der Waals surface area contributed by atoms with Gasteiger partial charge in [-0.3, -0.25) is 0 Å². The molecule has 0 spiro atoms. The second-order valence-corrected chi connectivity index (χ2v) is 6.41. The number of thiophene rings is 1. The van der Waals surface area contributed by atoms with Crippen molar-refractivity contribution in [2.24, 2.45) is 0 Å². The minimum Gasteiger partial charge on any atom is -0.388 e. The molecule has 0 bridgehead atoms. The van der Waals surface area contributed by atoms with Gasteiger partial charge < -0.3 is 5.32 Å². The SMILES string of the molecule is CC#CC.CNc1cccc(C)c1C.Cc1ccc2sccc2c1. The number of anilines is 1. The third kappa shape index (κ3) is 6.10. The van der Waals surface area contributed by atoms with Crippen LogP contribution < -0.4 is 5.32 Å². The van der Waals surface area contributed by atoms with Gasteiger partial charge in [0.15, 0.2) is 0 Å². The van der Waals surface area contributed by atoms with Gasteiger partial charge in [-0.15, -0.1) is 23.2 Å². The Kier molecular flexibility index (Phi) is 8.68. The fourth-order valence-electron chi connectivity index (χ4n) is 2.11. The molecule has 3 rings (SSSR count). The van der Waals surface area contributed by atoms with E-state index in [0.717, 1.165) is 0 Å². The summed E-state index contributed by atoms with van der Waals surface area (Å²) >= 11 is 1.80. The van der Waals surface area contributed by atoms with Crippen LogP contribution in [0.2, 0.25) is 0 Å². The number of fused-ring (bicyclic) bond motifs is 1. The highest BCUT2D eigenvalue weighted by Crippen LogP contribution is 2.21. The molecular weight excluding hydrogens is 310 g/mol. The Morgan fingerprint density at radius 1 is 0.917 bits per heavy atom. The van der Waals surface area contributed by atoms with Gasteiger partial charge in [0.05, 0.1) is 0 Å². The number of aryl methyl sites for hydroxylation is 2. The molecule has 0 aliphatic rings. The fraction of sp³-hybridized carbons (Fsp3) is 0.273. The zero-order chi connectivity index (χ0) is 17.9. The predicted molar refractivity (Wildman–Crippen MR) is 111 cm³/mol. The van der Waals surface area contributed by atoms with Gasteiger partial charge in [-0.25, -0.2) is 0 Å². The summed E-state index contributed by atoms with van der Waals surface area (Å²) in [5.74, 6) is 5.36. The number of hydrogen-bond acceptors (Lipinski definition) is 2. The molecule has 0 amide bonds. The van der Waals surface area contributed by atoms with Crippen LogP contribution in [0.3, 0.4) is 0 Å². The third-order valence-corrected chi connectivity index (χ3v) is 4.63. The van der Waals surface area contributed by atoms with Crippen molar-refractivity contribution >= 4 is 27.1 Å². The van der Waals surface area contributed by atoms with Crippen LogP contribution in [0.1, 0.15) is 30.5 Å². The summed E-state index contributed by atoms with van der Waals surface area (Å²) in [6, 6.07) is 15.0. The highest BCUT2D eigenvalue weighted by molar-refractivity contribution is 7.17. The Morgan fingerprint density at radius 2 is 1.62 bits per heavy atom. The van der Waals surface area contributed by atoms with E-state index in [2.05, 4.69) is 85.8 Å². The highest BCUT2D eigenvalue weighted by Gasteiger charge is 1.95. The lowest BCUT2D eigenvalue weighted by atomic mass is 10.1. The molecule has 2 heteroatoms. The Bertz CT molecular complexity index is 813. The molecule has 0 radical (unpaired) electrons. The van der Waals surface area contributed by atoms with Crippen LogP contribution in [0.4, 0.5) is 5.69 Å². The van der Waals surface area contributed by atoms with Gasteiger partial charge in [0, 0.05) is 17.4 Å². The van der Waals surface area contributed by atoms with E-state index in [1.807, 2.05) is 20.9 Å². The van der Waals surface area contributed by atoms with Crippen molar-refractivity contribution < 1.29 is 0 Å². The number of hydrogen-bond donors (Lipinski definition) is 1. The third-order valence-electron chi connectivity index (χ3n) is 3.73. The van der Waals surface area contributed by atoms with E-state index in [9.17, 15) is 0 Å². The van der Waals surface area contributed by atoms with Crippen molar-refractivity contribution in [2.75, 3.05) is 12.4 Å². The monoisotopic (exact) mass is 337 g/mol. The Labute approximate surface area is 150 Å². The van der Waals surface area contributed by atoms with E-state index >= 15 is 0 Å². The topological polar surface area (TPSA) is 12.0 Å². The molecule has 0 saturated carbocycles. The van der Waals surface area contributed by atoms with Crippen LogP contribution in [-0.2, 0) is 0 Å². The Balaban J connectivity index is 0.000000198. The molecule has 0 saturated heterocycles. The second kappa shape index (κ2) is 10.5. The summed E-state index contributed by atoms with van der Waals surface area (Å²) < 4.78 is 1.38. The van der Waals surface area contributed by atoms with E-state index in [1.165, 1.54) is 32.5 Å². The van der Waals surface area contributed by atoms with E-state index in [-0.39, 0.29) is 0 Å². The average Bonchev–Trinajstić information content (AvgIpc) is 3.05. The molecule has 1 aromatic heterocycles. The molecule has 3 aromatic rings. The lowest BCUT2D eigenvalue weighted by molar-refractivity contribution is 1.32. The van der Waals surface area contributed by atoms with Gasteiger partial charge in [-0.1, -0.05) is 29.8 Å². The lowest BCUT2D eigenvalue weighted by Gasteiger charge is -2.06. The van der Waals surface area contributed by atoms with Crippen LogP contribution in [0.15, 0.2) is 47.8 Å². The predicted octanol–water partition coefficient (Wildman–Crippen LogP) is 6.58. The molecule has 2 aromatic carbocycles. The maximum atomic E-state index is 3.14. The molecule has 0 aliphatic carbocycles. The smallest absolute Gasteiger partial charge is 0.0369 e. The van der Waals surface area contributed by atoms with Crippen molar-refractivity contribution in [2.45, 2.75) is 34.6 Å². The van der Waals surface area contributed by atoms with Gasteiger partial charge >= 0.3 is 0 Å². The van der Waals surface area contributed by atoms with Gasteiger partial charge in [-0.05, 0) is 74.7 Å². The van der Waals surface area contributed by atoms with Crippen molar-refractivity contribution in [1.29, 1.82) is 0 Å². The molecule has 1 nitrogen and oxygen atoms in total. The van der Waals surface area contributed by atoms with E-state index < -0.39 is 0 Å². The van der Waals surface area contributed by atoms with Crippen LogP contribution in [0, 0.1) is 32.6 Å². The summed E-state index contributed by atoms with van der Waals surface area (Å²) in [6.45, 7) is 10.0. The minimum atomic E-state index is 1.22. The summed E-state index contributed by atoms with van der Waals surface area (Å²) in [7, 11) is 1.95. The molecule has 24 heavy (non-hydrogen) atoms. The first kappa shape index (κ1) is 19.8. The molecular formula is C22H27NS. The van der Waals surface area contributed by atoms with Gasteiger partial charge in [0.2, 0.25) is 0 Å². The average molecular weight is 338 g/mol. The quantitative estimate of drug-likeness (QED) is 0.494. The van der Waals surface area contributed by atoms with Crippen molar-refractivity contribution in [3.8, 4) is 11.8 Å². The van der Waals surface area contributed by atoms with Crippen LogP contribution in [-0.4, -0.2) is 7.05 Å². The van der Waals surface area contributed by atoms with Crippen molar-refractivity contribution in [1.82, 2.24) is 0 Å². The molecule has 0 atom stereocenters. The van der Waals surface area contributed by atoms with Gasteiger partial charge in [-0.2, -0.15) is 0 Å². The first-order valence-corrected chi connectivity index (χ1v) is 8.92. The molecule has 0 unspecified atom stereocenters. The first-order chi connectivity index (χ1) is 11.5. The van der Waals surface area contributed by atoms with E-state index in [0.29, 0.717) is 0 Å². The van der Waals surface area contributed by atoms with Crippen molar-refractivity contribution in [3.63, 3.8) is 0 Å². The molecule has 1 N–H and O–H groups in total.